The second kappa shape index (κ2) is 8.47. The fourth-order valence-corrected chi connectivity index (χ4v) is 4.23. The van der Waals surface area contributed by atoms with Gasteiger partial charge in [-0.25, -0.2) is 0 Å². The van der Waals surface area contributed by atoms with Gasteiger partial charge in [0.2, 0.25) is 16.2 Å². The Morgan fingerprint density at radius 3 is 2.56 bits per heavy atom. The van der Waals surface area contributed by atoms with Crippen LogP contribution in [0.5, 0.6) is 0 Å². The van der Waals surface area contributed by atoms with Gasteiger partial charge < -0.3 is 9.80 Å². The van der Waals surface area contributed by atoms with Gasteiger partial charge in [-0.1, -0.05) is 25.2 Å². The summed E-state index contributed by atoms with van der Waals surface area (Å²) in [6.45, 7) is 7.69. The molecule has 25 heavy (non-hydrogen) atoms. The summed E-state index contributed by atoms with van der Waals surface area (Å²) in [4.78, 5) is 17.2. The molecule has 1 fully saturated rings. The van der Waals surface area contributed by atoms with E-state index < -0.39 is 0 Å². The van der Waals surface area contributed by atoms with Crippen molar-refractivity contribution in [3.8, 4) is 5.13 Å². The minimum Gasteiger partial charge on any atom is -0.346 e. The summed E-state index contributed by atoms with van der Waals surface area (Å²) >= 11 is 1.58. The van der Waals surface area contributed by atoms with Crippen LogP contribution in [0.25, 0.3) is 5.13 Å². The van der Waals surface area contributed by atoms with Gasteiger partial charge in [0.25, 0.3) is 0 Å². The molecule has 3 rings (SSSR count). The van der Waals surface area contributed by atoms with E-state index in [0.29, 0.717) is 5.91 Å². The van der Waals surface area contributed by atoms with Crippen molar-refractivity contribution in [3.05, 3.63) is 24.5 Å². The normalized spacial score (nSPS) is 17.7. The molecular formula is C18H27N5OS. The predicted octanol–water partition coefficient (Wildman–Crippen LogP) is 3.19. The molecule has 0 spiro atoms. The Balaban J connectivity index is 1.67. The largest absolute Gasteiger partial charge is 0.346 e. The number of carbonyl (C=O) groups excluding carboxylic acids is 1. The highest BCUT2D eigenvalue weighted by Gasteiger charge is 2.30. The molecule has 1 aliphatic rings. The van der Waals surface area contributed by atoms with E-state index in [1.807, 2.05) is 34.0 Å². The molecule has 0 radical (unpaired) electrons. The molecule has 7 heteroatoms. The van der Waals surface area contributed by atoms with E-state index in [1.54, 1.807) is 11.3 Å². The molecule has 2 aromatic rings. The molecule has 1 amide bonds. The summed E-state index contributed by atoms with van der Waals surface area (Å²) in [5.41, 5.74) is 0. The topological polar surface area (TPSA) is 54.3 Å². The second-order valence-corrected chi connectivity index (χ2v) is 7.50. The summed E-state index contributed by atoms with van der Waals surface area (Å²) in [5.74, 6) is 0.384. The fraction of sp³-hybridized carbons (Fsp3) is 0.611. The average Bonchev–Trinajstić information content (AvgIpc) is 3.32. The Kier molecular flexibility index (Phi) is 6.07. The molecule has 3 heterocycles. The first-order valence-corrected chi connectivity index (χ1v) is 10.0. The van der Waals surface area contributed by atoms with Crippen molar-refractivity contribution in [2.24, 2.45) is 5.92 Å². The average molecular weight is 362 g/mol. The Morgan fingerprint density at radius 1 is 1.20 bits per heavy atom. The summed E-state index contributed by atoms with van der Waals surface area (Å²) < 4.78 is 1.97. The first-order valence-electron chi connectivity index (χ1n) is 9.23. The van der Waals surface area contributed by atoms with Crippen LogP contribution in [0.3, 0.4) is 0 Å². The highest BCUT2D eigenvalue weighted by Crippen LogP contribution is 2.28. The van der Waals surface area contributed by atoms with Crippen molar-refractivity contribution in [1.29, 1.82) is 0 Å². The summed E-state index contributed by atoms with van der Waals surface area (Å²) in [6, 6.07) is 3.96. The van der Waals surface area contributed by atoms with Crippen molar-refractivity contribution in [2.75, 3.05) is 31.1 Å². The van der Waals surface area contributed by atoms with E-state index in [-0.39, 0.29) is 5.92 Å². The van der Waals surface area contributed by atoms with Crippen LogP contribution in [0.15, 0.2) is 24.5 Å². The van der Waals surface area contributed by atoms with Gasteiger partial charge in [-0.3, -0.25) is 9.36 Å². The van der Waals surface area contributed by atoms with Crippen LogP contribution in [-0.2, 0) is 4.79 Å². The molecule has 0 N–H and O–H groups in total. The number of hydrogen-bond acceptors (Lipinski definition) is 5. The van der Waals surface area contributed by atoms with E-state index in [4.69, 9.17) is 0 Å². The molecule has 1 atom stereocenters. The SMILES string of the molecule is CCCN(CCC)C(=O)C1CCCN(c2nnc(-n3cccc3)s2)C1. The van der Waals surface area contributed by atoms with Crippen molar-refractivity contribution in [2.45, 2.75) is 39.5 Å². The lowest BCUT2D eigenvalue weighted by atomic mass is 9.96. The zero-order chi connectivity index (χ0) is 17.6. The van der Waals surface area contributed by atoms with Gasteiger partial charge >= 0.3 is 0 Å². The number of amides is 1. The zero-order valence-corrected chi connectivity index (χ0v) is 15.9. The minimum atomic E-state index is 0.0748. The van der Waals surface area contributed by atoms with Gasteiger partial charge in [-0.15, -0.1) is 10.2 Å². The number of anilines is 1. The molecule has 0 saturated carbocycles. The Bertz CT molecular complexity index is 663. The van der Waals surface area contributed by atoms with Gasteiger partial charge in [0, 0.05) is 38.6 Å². The molecule has 1 unspecified atom stereocenters. The number of rotatable bonds is 7. The highest BCUT2D eigenvalue weighted by molar-refractivity contribution is 7.17. The summed E-state index contributed by atoms with van der Waals surface area (Å²) in [5, 5.41) is 10.4. The van der Waals surface area contributed by atoms with E-state index in [9.17, 15) is 4.79 Å². The highest BCUT2D eigenvalue weighted by atomic mass is 32.1. The van der Waals surface area contributed by atoms with Crippen molar-refractivity contribution >= 4 is 22.4 Å². The van der Waals surface area contributed by atoms with Crippen LogP contribution in [-0.4, -0.2) is 51.8 Å². The van der Waals surface area contributed by atoms with E-state index in [1.165, 1.54) is 0 Å². The number of aromatic nitrogens is 3. The lowest BCUT2D eigenvalue weighted by Crippen LogP contribution is -2.45. The maximum absolute atomic E-state index is 12.9. The quantitative estimate of drug-likeness (QED) is 0.760. The molecule has 0 aliphatic carbocycles. The molecular weight excluding hydrogens is 334 g/mol. The molecule has 0 aromatic carbocycles. The van der Waals surface area contributed by atoms with Crippen molar-refractivity contribution in [1.82, 2.24) is 19.7 Å². The van der Waals surface area contributed by atoms with Crippen LogP contribution in [0.2, 0.25) is 0 Å². The number of nitrogens with zero attached hydrogens (tertiary/aromatic N) is 5. The van der Waals surface area contributed by atoms with Gasteiger partial charge in [0.05, 0.1) is 5.92 Å². The van der Waals surface area contributed by atoms with Crippen LogP contribution in [0.4, 0.5) is 5.13 Å². The molecule has 136 valence electrons. The van der Waals surface area contributed by atoms with Gasteiger partial charge in [0.15, 0.2) is 0 Å². The fourth-order valence-electron chi connectivity index (χ4n) is 3.38. The number of piperidine rings is 1. The second-order valence-electron chi connectivity index (χ2n) is 6.57. The van der Waals surface area contributed by atoms with Gasteiger partial charge in [0.1, 0.15) is 0 Å². The van der Waals surface area contributed by atoms with E-state index >= 15 is 0 Å². The Hall–Kier alpha value is -1.89. The molecule has 0 bridgehead atoms. The third kappa shape index (κ3) is 4.21. The van der Waals surface area contributed by atoms with Crippen LogP contribution in [0.1, 0.15) is 39.5 Å². The molecule has 2 aromatic heterocycles. The minimum absolute atomic E-state index is 0.0748. The monoisotopic (exact) mass is 361 g/mol. The lowest BCUT2D eigenvalue weighted by molar-refractivity contribution is -0.135. The zero-order valence-electron chi connectivity index (χ0n) is 15.1. The Labute approximate surface area is 153 Å². The van der Waals surface area contributed by atoms with Gasteiger partial charge in [-0.05, 0) is 37.8 Å². The maximum atomic E-state index is 12.9. The maximum Gasteiger partial charge on any atom is 0.227 e. The first-order chi connectivity index (χ1) is 12.2. The third-order valence-electron chi connectivity index (χ3n) is 4.57. The van der Waals surface area contributed by atoms with Crippen molar-refractivity contribution < 1.29 is 4.79 Å². The molecule has 1 aliphatic heterocycles. The summed E-state index contributed by atoms with van der Waals surface area (Å²) in [7, 11) is 0. The summed E-state index contributed by atoms with van der Waals surface area (Å²) in [6.07, 6.45) is 7.97. The van der Waals surface area contributed by atoms with Crippen molar-refractivity contribution in [3.63, 3.8) is 0 Å². The smallest absolute Gasteiger partial charge is 0.227 e. The van der Waals surface area contributed by atoms with E-state index in [0.717, 1.165) is 62.1 Å². The van der Waals surface area contributed by atoms with Gasteiger partial charge in [-0.2, -0.15) is 0 Å². The molecule has 1 saturated heterocycles. The van der Waals surface area contributed by atoms with E-state index in [2.05, 4.69) is 28.9 Å². The standard InChI is InChI=1S/C18H27N5OS/c1-3-9-21(10-4-2)16(24)15-8-7-13-23(14-15)18-20-19-17(25-18)22-11-5-6-12-22/h5-6,11-12,15H,3-4,7-10,13-14H2,1-2H3. The van der Waals surface area contributed by atoms with Crippen LogP contribution >= 0.6 is 11.3 Å². The first kappa shape index (κ1) is 17.9. The third-order valence-corrected chi connectivity index (χ3v) is 5.57. The number of hydrogen-bond donors (Lipinski definition) is 0. The lowest BCUT2D eigenvalue weighted by Gasteiger charge is -2.34. The number of carbonyl (C=O) groups is 1. The predicted molar refractivity (Wildman–Crippen MR) is 101 cm³/mol. The van der Waals surface area contributed by atoms with Crippen LogP contribution in [0, 0.1) is 5.92 Å². The Morgan fingerprint density at radius 2 is 1.88 bits per heavy atom. The van der Waals surface area contributed by atoms with Crippen LogP contribution < -0.4 is 4.90 Å². The molecule has 6 nitrogen and oxygen atoms in total.